The number of halogens is 2. The van der Waals surface area contributed by atoms with E-state index in [1.165, 1.54) is 0 Å². The van der Waals surface area contributed by atoms with Gasteiger partial charge in [0.2, 0.25) is 0 Å². The van der Waals surface area contributed by atoms with Gasteiger partial charge in [0.05, 0.1) is 13.7 Å². The standard InChI is InChI=1S/C18H21BrClNO3/c1-22-8-7-21-11-14-9-17(23-2)18(10-15(14)19)24-12-13-5-3-4-6-16(13)20/h3-6,9-10,21H,7-8,11-12H2,1-2H3. The Bertz CT molecular complexity index is 667. The molecule has 1 N–H and O–H groups in total. The molecule has 0 amide bonds. The van der Waals surface area contributed by atoms with Crippen LogP contribution in [0, 0.1) is 0 Å². The molecule has 0 unspecified atom stereocenters. The summed E-state index contributed by atoms with van der Waals surface area (Å²) in [5, 5.41) is 4.00. The molecule has 0 aliphatic rings. The van der Waals surface area contributed by atoms with Crippen LogP contribution in [0.4, 0.5) is 0 Å². The highest BCUT2D eigenvalue weighted by atomic mass is 79.9. The van der Waals surface area contributed by atoms with E-state index in [1.807, 2.05) is 36.4 Å². The summed E-state index contributed by atoms with van der Waals surface area (Å²) in [6.07, 6.45) is 0. The Balaban J connectivity index is 2.07. The zero-order valence-corrected chi connectivity index (χ0v) is 16.1. The van der Waals surface area contributed by atoms with E-state index in [1.54, 1.807) is 14.2 Å². The van der Waals surface area contributed by atoms with Crippen molar-refractivity contribution in [2.45, 2.75) is 13.2 Å². The van der Waals surface area contributed by atoms with E-state index in [-0.39, 0.29) is 0 Å². The quantitative estimate of drug-likeness (QED) is 0.616. The molecule has 0 radical (unpaired) electrons. The van der Waals surface area contributed by atoms with Gasteiger partial charge in [-0.05, 0) is 23.8 Å². The largest absolute Gasteiger partial charge is 0.493 e. The van der Waals surface area contributed by atoms with Crippen molar-refractivity contribution >= 4 is 27.5 Å². The summed E-state index contributed by atoms with van der Waals surface area (Å²) in [7, 11) is 3.32. The predicted octanol–water partition coefficient (Wildman–Crippen LogP) is 4.43. The summed E-state index contributed by atoms with van der Waals surface area (Å²) in [6, 6.07) is 11.5. The van der Waals surface area contributed by atoms with Crippen LogP contribution in [0.1, 0.15) is 11.1 Å². The van der Waals surface area contributed by atoms with Gasteiger partial charge in [0.1, 0.15) is 6.61 Å². The van der Waals surface area contributed by atoms with Crippen LogP contribution >= 0.6 is 27.5 Å². The lowest BCUT2D eigenvalue weighted by molar-refractivity contribution is 0.199. The number of methoxy groups -OCH3 is 2. The van der Waals surface area contributed by atoms with Gasteiger partial charge in [0.15, 0.2) is 11.5 Å². The fraction of sp³-hybridized carbons (Fsp3) is 0.333. The second-order valence-electron chi connectivity index (χ2n) is 5.14. The molecule has 0 bridgehead atoms. The molecule has 24 heavy (non-hydrogen) atoms. The van der Waals surface area contributed by atoms with Crippen LogP contribution in [-0.2, 0) is 17.9 Å². The molecule has 0 heterocycles. The van der Waals surface area contributed by atoms with E-state index < -0.39 is 0 Å². The van der Waals surface area contributed by atoms with Crippen LogP contribution in [-0.4, -0.2) is 27.4 Å². The molecule has 0 aliphatic heterocycles. The summed E-state index contributed by atoms with van der Waals surface area (Å²) in [5.41, 5.74) is 2.02. The molecule has 2 aromatic carbocycles. The van der Waals surface area contributed by atoms with Gasteiger partial charge in [-0.15, -0.1) is 0 Å². The number of nitrogens with one attached hydrogen (secondary N) is 1. The normalized spacial score (nSPS) is 10.7. The average Bonchev–Trinajstić information content (AvgIpc) is 2.59. The minimum Gasteiger partial charge on any atom is -0.493 e. The van der Waals surface area contributed by atoms with E-state index in [0.717, 1.165) is 22.1 Å². The van der Waals surface area contributed by atoms with Gasteiger partial charge in [-0.25, -0.2) is 0 Å². The predicted molar refractivity (Wildman–Crippen MR) is 100 cm³/mol. The van der Waals surface area contributed by atoms with Crippen molar-refractivity contribution < 1.29 is 14.2 Å². The van der Waals surface area contributed by atoms with E-state index in [0.29, 0.717) is 36.3 Å². The lowest BCUT2D eigenvalue weighted by Gasteiger charge is -2.15. The molecule has 0 fully saturated rings. The lowest BCUT2D eigenvalue weighted by atomic mass is 10.2. The Hall–Kier alpha value is -1.27. The molecular weight excluding hydrogens is 394 g/mol. The van der Waals surface area contributed by atoms with Crippen LogP contribution in [0.2, 0.25) is 5.02 Å². The molecule has 4 nitrogen and oxygen atoms in total. The number of hydrogen-bond donors (Lipinski definition) is 1. The third-order valence-electron chi connectivity index (χ3n) is 3.47. The smallest absolute Gasteiger partial charge is 0.162 e. The van der Waals surface area contributed by atoms with Crippen LogP contribution in [0.15, 0.2) is 40.9 Å². The van der Waals surface area contributed by atoms with Gasteiger partial charge >= 0.3 is 0 Å². The Labute approximate surface area is 156 Å². The van der Waals surface area contributed by atoms with Gasteiger partial charge in [-0.3, -0.25) is 0 Å². The average molecular weight is 415 g/mol. The highest BCUT2D eigenvalue weighted by molar-refractivity contribution is 9.10. The second-order valence-corrected chi connectivity index (χ2v) is 6.41. The molecule has 0 spiro atoms. The van der Waals surface area contributed by atoms with E-state index in [4.69, 9.17) is 25.8 Å². The second kappa shape index (κ2) is 9.89. The van der Waals surface area contributed by atoms with Crippen molar-refractivity contribution in [1.29, 1.82) is 0 Å². The highest BCUT2D eigenvalue weighted by Crippen LogP contribution is 2.34. The third kappa shape index (κ3) is 5.38. The summed E-state index contributed by atoms with van der Waals surface area (Å²) in [5.74, 6) is 1.36. The van der Waals surface area contributed by atoms with Gasteiger partial charge in [0, 0.05) is 35.3 Å². The highest BCUT2D eigenvalue weighted by Gasteiger charge is 2.11. The molecule has 0 saturated carbocycles. The molecular formula is C18H21BrClNO3. The molecule has 2 rings (SSSR count). The SMILES string of the molecule is COCCNCc1cc(OC)c(OCc2ccccc2Cl)cc1Br. The first-order chi connectivity index (χ1) is 11.7. The van der Waals surface area contributed by atoms with Crippen molar-refractivity contribution in [3.8, 4) is 11.5 Å². The van der Waals surface area contributed by atoms with Crippen molar-refractivity contribution in [3.05, 3.63) is 57.0 Å². The maximum Gasteiger partial charge on any atom is 0.162 e. The molecule has 0 aliphatic carbocycles. The first-order valence-electron chi connectivity index (χ1n) is 7.58. The third-order valence-corrected chi connectivity index (χ3v) is 4.58. The number of ether oxygens (including phenoxy) is 3. The monoisotopic (exact) mass is 413 g/mol. The Kier molecular flexibility index (Phi) is 7.85. The fourth-order valence-corrected chi connectivity index (χ4v) is 2.81. The summed E-state index contributed by atoms with van der Waals surface area (Å²) < 4.78 is 17.3. The molecule has 0 saturated heterocycles. The topological polar surface area (TPSA) is 39.7 Å². The van der Waals surface area contributed by atoms with Gasteiger partial charge in [-0.1, -0.05) is 45.7 Å². The molecule has 0 aromatic heterocycles. The van der Waals surface area contributed by atoms with Crippen LogP contribution in [0.3, 0.4) is 0 Å². The maximum absolute atomic E-state index is 6.16. The minimum absolute atomic E-state index is 0.383. The number of benzene rings is 2. The van der Waals surface area contributed by atoms with Crippen molar-refractivity contribution in [2.75, 3.05) is 27.4 Å². The molecule has 2 aromatic rings. The zero-order valence-electron chi connectivity index (χ0n) is 13.8. The summed E-state index contributed by atoms with van der Waals surface area (Å²) in [4.78, 5) is 0. The molecule has 0 atom stereocenters. The first kappa shape index (κ1) is 19.1. The van der Waals surface area contributed by atoms with Crippen molar-refractivity contribution in [1.82, 2.24) is 5.32 Å². The van der Waals surface area contributed by atoms with Crippen LogP contribution in [0.5, 0.6) is 11.5 Å². The lowest BCUT2D eigenvalue weighted by Crippen LogP contribution is -2.18. The molecule has 130 valence electrons. The van der Waals surface area contributed by atoms with Gasteiger partial charge in [-0.2, -0.15) is 0 Å². The van der Waals surface area contributed by atoms with Crippen molar-refractivity contribution in [2.24, 2.45) is 0 Å². The van der Waals surface area contributed by atoms with E-state index in [9.17, 15) is 0 Å². The first-order valence-corrected chi connectivity index (χ1v) is 8.75. The zero-order chi connectivity index (χ0) is 17.4. The molecule has 6 heteroatoms. The van der Waals surface area contributed by atoms with Crippen molar-refractivity contribution in [3.63, 3.8) is 0 Å². The maximum atomic E-state index is 6.16. The van der Waals surface area contributed by atoms with E-state index in [2.05, 4.69) is 21.2 Å². The number of hydrogen-bond acceptors (Lipinski definition) is 4. The van der Waals surface area contributed by atoms with Gasteiger partial charge in [0.25, 0.3) is 0 Å². The number of rotatable bonds is 9. The Morgan fingerprint density at radius 3 is 2.58 bits per heavy atom. The fourth-order valence-electron chi connectivity index (χ4n) is 2.15. The summed E-state index contributed by atoms with van der Waals surface area (Å²) in [6.45, 7) is 2.56. The van der Waals surface area contributed by atoms with Gasteiger partial charge < -0.3 is 19.5 Å². The van der Waals surface area contributed by atoms with E-state index >= 15 is 0 Å². The summed E-state index contributed by atoms with van der Waals surface area (Å²) >= 11 is 9.75. The van der Waals surface area contributed by atoms with Crippen LogP contribution < -0.4 is 14.8 Å². The Morgan fingerprint density at radius 2 is 1.88 bits per heavy atom. The Morgan fingerprint density at radius 1 is 1.08 bits per heavy atom. The minimum atomic E-state index is 0.383. The van der Waals surface area contributed by atoms with Crippen LogP contribution in [0.25, 0.3) is 0 Å².